The molecule has 3 aromatic carbocycles. The summed E-state index contributed by atoms with van der Waals surface area (Å²) in [6.07, 6.45) is -0.665. The summed E-state index contributed by atoms with van der Waals surface area (Å²) in [5.74, 6) is 0.931. The Balaban J connectivity index is 1.48. The molecule has 164 valence electrons. The molecule has 31 heavy (non-hydrogen) atoms. The van der Waals surface area contributed by atoms with Gasteiger partial charge in [0.15, 0.2) is 6.10 Å². The molecule has 8 heteroatoms. The average molecular weight is 443 g/mol. The molecule has 0 aliphatic heterocycles. The van der Waals surface area contributed by atoms with Crippen LogP contribution in [0.3, 0.4) is 0 Å². The molecule has 1 N–H and O–H groups in total. The first-order chi connectivity index (χ1) is 14.8. The van der Waals surface area contributed by atoms with Crippen molar-refractivity contribution in [3.63, 3.8) is 0 Å². The Morgan fingerprint density at radius 3 is 2.39 bits per heavy atom. The third-order valence-electron chi connectivity index (χ3n) is 4.69. The summed E-state index contributed by atoms with van der Waals surface area (Å²) >= 11 is 0. The van der Waals surface area contributed by atoms with E-state index in [1.54, 1.807) is 19.1 Å². The maximum Gasteiger partial charge on any atom is 0.260 e. The monoisotopic (exact) mass is 442 g/mol. The van der Waals surface area contributed by atoms with Crippen molar-refractivity contribution in [2.24, 2.45) is 0 Å². The van der Waals surface area contributed by atoms with Gasteiger partial charge >= 0.3 is 0 Å². The Kier molecular flexibility index (Phi) is 7.14. The lowest BCUT2D eigenvalue weighted by Crippen LogP contribution is -2.38. The van der Waals surface area contributed by atoms with Gasteiger partial charge in [0, 0.05) is 19.5 Å². The molecule has 0 radical (unpaired) electrons. The maximum atomic E-state index is 12.4. The SMILES string of the molecule is C[C@H](Oc1cccc2ccccc12)C(=O)NCCOc1ccc(S(=O)(=O)N(C)C)cc1. The van der Waals surface area contributed by atoms with E-state index < -0.39 is 16.1 Å². The van der Waals surface area contributed by atoms with Gasteiger partial charge in [-0.15, -0.1) is 0 Å². The van der Waals surface area contributed by atoms with Crippen LogP contribution in [-0.4, -0.2) is 52.0 Å². The Hall–Kier alpha value is -3.10. The van der Waals surface area contributed by atoms with Crippen molar-refractivity contribution in [2.45, 2.75) is 17.9 Å². The van der Waals surface area contributed by atoms with Crippen LogP contribution >= 0.6 is 0 Å². The number of rotatable bonds is 9. The topological polar surface area (TPSA) is 84.9 Å². The molecule has 0 unspecified atom stereocenters. The highest BCUT2D eigenvalue weighted by Crippen LogP contribution is 2.26. The van der Waals surface area contributed by atoms with Crippen LogP contribution in [0.2, 0.25) is 0 Å². The van der Waals surface area contributed by atoms with E-state index >= 15 is 0 Å². The van der Waals surface area contributed by atoms with Crippen LogP contribution in [0.25, 0.3) is 10.8 Å². The number of carbonyl (C=O) groups is 1. The van der Waals surface area contributed by atoms with Crippen molar-refractivity contribution in [2.75, 3.05) is 27.2 Å². The van der Waals surface area contributed by atoms with Crippen molar-refractivity contribution in [3.8, 4) is 11.5 Å². The van der Waals surface area contributed by atoms with Gasteiger partial charge in [0.05, 0.1) is 11.4 Å². The summed E-state index contributed by atoms with van der Waals surface area (Å²) in [6, 6.07) is 19.7. The summed E-state index contributed by atoms with van der Waals surface area (Å²) in [6.45, 7) is 2.23. The molecule has 0 aromatic heterocycles. The van der Waals surface area contributed by atoms with Crippen molar-refractivity contribution < 1.29 is 22.7 Å². The number of carbonyl (C=O) groups excluding carboxylic acids is 1. The van der Waals surface area contributed by atoms with Gasteiger partial charge < -0.3 is 14.8 Å². The van der Waals surface area contributed by atoms with Gasteiger partial charge in [0.2, 0.25) is 10.0 Å². The van der Waals surface area contributed by atoms with E-state index in [9.17, 15) is 13.2 Å². The predicted octanol–water partition coefficient (Wildman–Crippen LogP) is 3.05. The first-order valence-electron chi connectivity index (χ1n) is 9.86. The Morgan fingerprint density at radius 1 is 1.00 bits per heavy atom. The second-order valence-corrected chi connectivity index (χ2v) is 9.29. The third kappa shape index (κ3) is 5.53. The molecule has 0 saturated heterocycles. The molecule has 0 saturated carbocycles. The number of hydrogen-bond acceptors (Lipinski definition) is 5. The Bertz CT molecular complexity index is 1140. The normalized spacial score (nSPS) is 12.5. The second kappa shape index (κ2) is 9.80. The number of sulfonamides is 1. The molecule has 3 rings (SSSR count). The highest BCUT2D eigenvalue weighted by Gasteiger charge is 2.17. The van der Waals surface area contributed by atoms with Gasteiger partial charge in [-0.05, 0) is 42.6 Å². The smallest absolute Gasteiger partial charge is 0.260 e. The van der Waals surface area contributed by atoms with E-state index in [2.05, 4.69) is 5.32 Å². The molecule has 1 atom stereocenters. The predicted molar refractivity (Wildman–Crippen MR) is 120 cm³/mol. The van der Waals surface area contributed by atoms with Gasteiger partial charge in [-0.25, -0.2) is 12.7 Å². The Labute approximate surface area is 182 Å². The number of hydrogen-bond donors (Lipinski definition) is 1. The molecule has 0 fully saturated rings. The fourth-order valence-corrected chi connectivity index (χ4v) is 3.85. The summed E-state index contributed by atoms with van der Waals surface area (Å²) in [5.41, 5.74) is 0. The number of nitrogens with one attached hydrogen (secondary N) is 1. The van der Waals surface area contributed by atoms with Gasteiger partial charge in [-0.1, -0.05) is 36.4 Å². The second-order valence-electron chi connectivity index (χ2n) is 7.14. The summed E-state index contributed by atoms with van der Waals surface area (Å²) < 4.78 is 36.7. The van der Waals surface area contributed by atoms with Crippen LogP contribution in [0.5, 0.6) is 11.5 Å². The number of benzene rings is 3. The standard InChI is InChI=1S/C23H26N2O5S/c1-17(30-22-10-6-8-18-7-4-5-9-21(18)22)23(26)24-15-16-29-19-11-13-20(14-12-19)31(27,28)25(2)3/h4-14,17H,15-16H2,1-3H3,(H,24,26)/t17-/m0/s1. The lowest BCUT2D eigenvalue weighted by molar-refractivity contribution is -0.127. The zero-order chi connectivity index (χ0) is 22.4. The van der Waals surface area contributed by atoms with Crippen molar-refractivity contribution in [1.29, 1.82) is 0 Å². The zero-order valence-electron chi connectivity index (χ0n) is 17.7. The van der Waals surface area contributed by atoms with Crippen LogP contribution in [0.15, 0.2) is 71.6 Å². The number of nitrogens with zero attached hydrogens (tertiary/aromatic N) is 1. The van der Waals surface area contributed by atoms with Crippen molar-refractivity contribution in [3.05, 3.63) is 66.7 Å². The fourth-order valence-electron chi connectivity index (χ4n) is 2.95. The summed E-state index contributed by atoms with van der Waals surface area (Å²) in [5, 5.41) is 4.78. The number of amides is 1. The van der Waals surface area contributed by atoms with Crippen LogP contribution in [0, 0.1) is 0 Å². The summed E-state index contributed by atoms with van der Waals surface area (Å²) in [4.78, 5) is 12.5. The highest BCUT2D eigenvalue weighted by atomic mass is 32.2. The lowest BCUT2D eigenvalue weighted by Gasteiger charge is -2.16. The minimum absolute atomic E-state index is 0.192. The fraction of sp³-hybridized carbons (Fsp3) is 0.261. The molecular formula is C23H26N2O5S. The van der Waals surface area contributed by atoms with E-state index in [1.807, 2.05) is 42.5 Å². The van der Waals surface area contributed by atoms with Crippen LogP contribution in [0.1, 0.15) is 6.92 Å². The van der Waals surface area contributed by atoms with Gasteiger partial charge in [-0.3, -0.25) is 4.79 Å². The molecule has 0 aliphatic carbocycles. The van der Waals surface area contributed by atoms with E-state index in [1.165, 1.54) is 26.2 Å². The highest BCUT2D eigenvalue weighted by molar-refractivity contribution is 7.89. The first-order valence-corrected chi connectivity index (χ1v) is 11.3. The molecule has 0 aliphatic rings. The molecule has 1 amide bonds. The lowest BCUT2D eigenvalue weighted by atomic mass is 10.1. The minimum Gasteiger partial charge on any atom is -0.492 e. The molecule has 3 aromatic rings. The van der Waals surface area contributed by atoms with Crippen LogP contribution < -0.4 is 14.8 Å². The summed E-state index contributed by atoms with van der Waals surface area (Å²) in [7, 11) is -0.513. The van der Waals surface area contributed by atoms with Gasteiger partial charge in [0.25, 0.3) is 5.91 Å². The largest absolute Gasteiger partial charge is 0.492 e. The molecule has 0 bridgehead atoms. The van der Waals surface area contributed by atoms with Gasteiger partial charge in [0.1, 0.15) is 18.1 Å². The van der Waals surface area contributed by atoms with Gasteiger partial charge in [-0.2, -0.15) is 0 Å². The zero-order valence-corrected chi connectivity index (χ0v) is 18.6. The van der Waals surface area contributed by atoms with Crippen molar-refractivity contribution >= 4 is 26.7 Å². The molecule has 0 heterocycles. The molecule has 7 nitrogen and oxygen atoms in total. The first kappa shape index (κ1) is 22.6. The van der Waals surface area contributed by atoms with E-state index in [-0.39, 0.29) is 17.4 Å². The van der Waals surface area contributed by atoms with E-state index in [4.69, 9.17) is 9.47 Å². The van der Waals surface area contributed by atoms with Crippen LogP contribution in [-0.2, 0) is 14.8 Å². The van der Waals surface area contributed by atoms with Crippen molar-refractivity contribution in [1.82, 2.24) is 9.62 Å². The number of ether oxygens (including phenoxy) is 2. The van der Waals surface area contributed by atoms with E-state index in [0.717, 1.165) is 15.1 Å². The quantitative estimate of drug-likeness (QED) is 0.515. The van der Waals surface area contributed by atoms with Crippen LogP contribution in [0.4, 0.5) is 0 Å². The average Bonchev–Trinajstić information content (AvgIpc) is 2.77. The molecular weight excluding hydrogens is 416 g/mol. The minimum atomic E-state index is -3.47. The number of fused-ring (bicyclic) bond motifs is 1. The van der Waals surface area contributed by atoms with E-state index in [0.29, 0.717) is 18.0 Å². The maximum absolute atomic E-state index is 12.4. The molecule has 0 spiro atoms. The Morgan fingerprint density at radius 2 is 1.68 bits per heavy atom. The third-order valence-corrected chi connectivity index (χ3v) is 6.52.